The second-order valence-corrected chi connectivity index (χ2v) is 5.31. The Bertz CT molecular complexity index is 518. The molecule has 3 rings (SSSR count). The minimum Gasteiger partial charge on any atom is -0.312 e. The molecule has 2 aromatic rings. The number of rotatable bonds is 6. The second kappa shape index (κ2) is 5.98. The van der Waals surface area contributed by atoms with Gasteiger partial charge in [0, 0.05) is 18.9 Å². The monoisotopic (exact) mass is 252 g/mol. The van der Waals surface area contributed by atoms with E-state index in [2.05, 4.69) is 40.6 Å². The smallest absolute Gasteiger partial charge is 0.0300 e. The molecule has 1 aromatic carbocycles. The first kappa shape index (κ1) is 12.4. The lowest BCUT2D eigenvalue weighted by atomic mass is 10.1. The molecule has 1 saturated carbocycles. The SMILES string of the molecule is c1cncc(CCNCc2cccc(C3CC3)c2)c1. The Hall–Kier alpha value is -1.67. The van der Waals surface area contributed by atoms with Crippen LogP contribution in [-0.4, -0.2) is 11.5 Å². The molecule has 98 valence electrons. The van der Waals surface area contributed by atoms with Crippen molar-refractivity contribution in [3.63, 3.8) is 0 Å². The lowest BCUT2D eigenvalue weighted by Gasteiger charge is -2.06. The quantitative estimate of drug-likeness (QED) is 0.798. The Labute approximate surface area is 114 Å². The molecular weight excluding hydrogens is 232 g/mol. The van der Waals surface area contributed by atoms with E-state index in [1.165, 1.54) is 29.5 Å². The Morgan fingerprint density at radius 2 is 2.00 bits per heavy atom. The van der Waals surface area contributed by atoms with Crippen molar-refractivity contribution in [1.82, 2.24) is 10.3 Å². The van der Waals surface area contributed by atoms with Crippen molar-refractivity contribution < 1.29 is 0 Å². The van der Waals surface area contributed by atoms with E-state index in [1.807, 2.05) is 18.5 Å². The highest BCUT2D eigenvalue weighted by atomic mass is 14.8. The highest BCUT2D eigenvalue weighted by molar-refractivity contribution is 5.29. The van der Waals surface area contributed by atoms with Crippen LogP contribution in [-0.2, 0) is 13.0 Å². The molecule has 0 radical (unpaired) electrons. The lowest BCUT2D eigenvalue weighted by molar-refractivity contribution is 0.685. The first-order valence-electron chi connectivity index (χ1n) is 7.10. The van der Waals surface area contributed by atoms with Gasteiger partial charge in [-0.15, -0.1) is 0 Å². The standard InChI is InChI=1S/C17H20N2/c1-3-15(11-17(5-1)16-6-7-16)13-19-10-8-14-4-2-9-18-12-14/h1-5,9,11-12,16,19H,6-8,10,13H2. The van der Waals surface area contributed by atoms with Gasteiger partial charge in [-0.25, -0.2) is 0 Å². The van der Waals surface area contributed by atoms with E-state index in [9.17, 15) is 0 Å². The van der Waals surface area contributed by atoms with Crippen LogP contribution in [0.2, 0.25) is 0 Å². The zero-order valence-corrected chi connectivity index (χ0v) is 11.2. The third kappa shape index (κ3) is 3.65. The Morgan fingerprint density at radius 1 is 1.11 bits per heavy atom. The molecule has 0 unspecified atom stereocenters. The van der Waals surface area contributed by atoms with Crippen molar-refractivity contribution >= 4 is 0 Å². The molecule has 1 N–H and O–H groups in total. The molecule has 1 heterocycles. The molecule has 0 bridgehead atoms. The van der Waals surface area contributed by atoms with Gasteiger partial charge in [0.05, 0.1) is 0 Å². The summed E-state index contributed by atoms with van der Waals surface area (Å²) >= 11 is 0. The van der Waals surface area contributed by atoms with E-state index in [0.717, 1.165) is 25.4 Å². The fourth-order valence-electron chi connectivity index (χ4n) is 2.39. The average molecular weight is 252 g/mol. The largest absolute Gasteiger partial charge is 0.312 e. The van der Waals surface area contributed by atoms with Crippen molar-refractivity contribution in [2.45, 2.75) is 31.7 Å². The first-order valence-corrected chi connectivity index (χ1v) is 7.10. The molecule has 0 aliphatic heterocycles. The molecule has 0 saturated heterocycles. The molecule has 1 aliphatic carbocycles. The third-order valence-corrected chi connectivity index (χ3v) is 3.64. The summed E-state index contributed by atoms with van der Waals surface area (Å²) in [6, 6.07) is 13.1. The zero-order chi connectivity index (χ0) is 12.9. The maximum absolute atomic E-state index is 4.13. The van der Waals surface area contributed by atoms with Crippen molar-refractivity contribution in [2.24, 2.45) is 0 Å². The van der Waals surface area contributed by atoms with Gasteiger partial charge < -0.3 is 5.32 Å². The molecule has 2 nitrogen and oxygen atoms in total. The van der Waals surface area contributed by atoms with Crippen molar-refractivity contribution in [1.29, 1.82) is 0 Å². The predicted octanol–water partition coefficient (Wildman–Crippen LogP) is 3.29. The molecule has 0 amide bonds. The van der Waals surface area contributed by atoms with Crippen molar-refractivity contribution in [2.75, 3.05) is 6.54 Å². The van der Waals surface area contributed by atoms with Gasteiger partial charge in [0.25, 0.3) is 0 Å². The van der Waals surface area contributed by atoms with Gasteiger partial charge in [0.2, 0.25) is 0 Å². The van der Waals surface area contributed by atoms with Gasteiger partial charge in [0.15, 0.2) is 0 Å². The Balaban J connectivity index is 1.46. The van der Waals surface area contributed by atoms with Crippen LogP contribution in [0.1, 0.15) is 35.4 Å². The number of benzene rings is 1. The number of nitrogens with zero attached hydrogens (tertiary/aromatic N) is 1. The summed E-state index contributed by atoms with van der Waals surface area (Å²) in [6.45, 7) is 1.96. The van der Waals surface area contributed by atoms with Crippen LogP contribution < -0.4 is 5.32 Å². The van der Waals surface area contributed by atoms with Crippen LogP contribution in [0.3, 0.4) is 0 Å². The summed E-state index contributed by atoms with van der Waals surface area (Å²) in [6.07, 6.45) is 7.54. The summed E-state index contributed by atoms with van der Waals surface area (Å²) < 4.78 is 0. The van der Waals surface area contributed by atoms with E-state index in [-0.39, 0.29) is 0 Å². The number of nitrogens with one attached hydrogen (secondary N) is 1. The predicted molar refractivity (Wildman–Crippen MR) is 78.1 cm³/mol. The van der Waals surface area contributed by atoms with E-state index in [1.54, 1.807) is 0 Å². The minimum atomic E-state index is 0.843. The van der Waals surface area contributed by atoms with Crippen LogP contribution >= 0.6 is 0 Å². The van der Waals surface area contributed by atoms with Gasteiger partial charge in [0.1, 0.15) is 0 Å². The van der Waals surface area contributed by atoms with Gasteiger partial charge >= 0.3 is 0 Å². The molecule has 1 fully saturated rings. The second-order valence-electron chi connectivity index (χ2n) is 5.31. The zero-order valence-electron chi connectivity index (χ0n) is 11.2. The molecule has 1 aliphatic rings. The van der Waals surface area contributed by atoms with Crippen LogP contribution in [0.4, 0.5) is 0 Å². The molecule has 1 aromatic heterocycles. The van der Waals surface area contributed by atoms with E-state index in [4.69, 9.17) is 0 Å². The highest BCUT2D eigenvalue weighted by Crippen LogP contribution is 2.40. The summed E-state index contributed by atoms with van der Waals surface area (Å²) in [4.78, 5) is 4.13. The van der Waals surface area contributed by atoms with Gasteiger partial charge in [-0.2, -0.15) is 0 Å². The molecule has 0 spiro atoms. The van der Waals surface area contributed by atoms with Crippen LogP contribution in [0.5, 0.6) is 0 Å². The van der Waals surface area contributed by atoms with Gasteiger partial charge in [-0.3, -0.25) is 4.98 Å². The molecule has 0 atom stereocenters. The topological polar surface area (TPSA) is 24.9 Å². The fourth-order valence-corrected chi connectivity index (χ4v) is 2.39. The Kier molecular flexibility index (Phi) is 3.89. The van der Waals surface area contributed by atoms with E-state index in [0.29, 0.717) is 0 Å². The Morgan fingerprint density at radius 3 is 2.79 bits per heavy atom. The average Bonchev–Trinajstić information content (AvgIpc) is 3.30. The van der Waals surface area contributed by atoms with Gasteiger partial charge in [-0.05, 0) is 54.5 Å². The molecule has 19 heavy (non-hydrogen) atoms. The van der Waals surface area contributed by atoms with Crippen molar-refractivity contribution in [3.05, 3.63) is 65.5 Å². The molecular formula is C17H20N2. The first-order chi connectivity index (χ1) is 9.42. The number of hydrogen-bond acceptors (Lipinski definition) is 2. The maximum Gasteiger partial charge on any atom is 0.0300 e. The normalized spacial score (nSPS) is 14.5. The summed E-state index contributed by atoms with van der Waals surface area (Å²) in [5, 5.41) is 3.51. The summed E-state index contributed by atoms with van der Waals surface area (Å²) in [7, 11) is 0. The van der Waals surface area contributed by atoms with Crippen LogP contribution in [0.15, 0.2) is 48.8 Å². The minimum absolute atomic E-state index is 0.843. The van der Waals surface area contributed by atoms with Crippen LogP contribution in [0, 0.1) is 0 Å². The third-order valence-electron chi connectivity index (χ3n) is 3.64. The summed E-state index contributed by atoms with van der Waals surface area (Å²) in [5.74, 6) is 0.843. The highest BCUT2D eigenvalue weighted by Gasteiger charge is 2.23. The number of pyridine rings is 1. The summed E-state index contributed by atoms with van der Waals surface area (Å²) in [5.41, 5.74) is 4.21. The van der Waals surface area contributed by atoms with Crippen molar-refractivity contribution in [3.8, 4) is 0 Å². The fraction of sp³-hybridized carbons (Fsp3) is 0.353. The molecule has 2 heteroatoms. The number of aromatic nitrogens is 1. The number of hydrogen-bond donors (Lipinski definition) is 1. The van der Waals surface area contributed by atoms with Gasteiger partial charge in [-0.1, -0.05) is 30.3 Å². The van der Waals surface area contributed by atoms with Crippen LogP contribution in [0.25, 0.3) is 0 Å². The maximum atomic E-state index is 4.13. The van der Waals surface area contributed by atoms with E-state index < -0.39 is 0 Å². The van der Waals surface area contributed by atoms with E-state index >= 15 is 0 Å². The lowest BCUT2D eigenvalue weighted by Crippen LogP contribution is -2.16.